The van der Waals surface area contributed by atoms with Gasteiger partial charge in [0.1, 0.15) is 5.75 Å². The Morgan fingerprint density at radius 1 is 1.41 bits per heavy atom. The Morgan fingerprint density at radius 2 is 2.00 bits per heavy atom. The lowest BCUT2D eigenvalue weighted by atomic mass is 9.84. The number of hydrogen-bond donors (Lipinski definition) is 2. The second-order valence-electron chi connectivity index (χ2n) is 5.19. The van der Waals surface area contributed by atoms with E-state index < -0.39 is 0 Å². The van der Waals surface area contributed by atoms with Crippen molar-refractivity contribution in [2.24, 2.45) is 0 Å². The summed E-state index contributed by atoms with van der Waals surface area (Å²) in [6, 6.07) is 3.57. The number of nitrogens with two attached hydrogens (primary N) is 1. The number of benzene rings is 1. The van der Waals surface area contributed by atoms with Crippen LogP contribution >= 0.6 is 11.6 Å². The molecule has 0 saturated heterocycles. The zero-order chi connectivity index (χ0) is 13.2. The molecule has 0 aromatic heterocycles. The first kappa shape index (κ1) is 13.8. The summed E-state index contributed by atoms with van der Waals surface area (Å²) >= 11 is 5.31. The molecule has 1 rings (SSSR count). The number of aryl methyl sites for hydroxylation is 1. The van der Waals surface area contributed by atoms with Crippen molar-refractivity contribution < 1.29 is 9.90 Å². The van der Waals surface area contributed by atoms with E-state index in [1.54, 1.807) is 6.07 Å². The number of hydrogen-bond acceptors (Lipinski definition) is 3. The van der Waals surface area contributed by atoms with Gasteiger partial charge in [0.05, 0.1) is 5.69 Å². The minimum atomic E-state index is -0.367. The maximum absolute atomic E-state index is 10.7. The molecule has 0 radical (unpaired) electrons. The van der Waals surface area contributed by atoms with Gasteiger partial charge >= 0.3 is 0 Å². The van der Waals surface area contributed by atoms with E-state index >= 15 is 0 Å². The molecule has 0 unspecified atom stereocenters. The molecule has 1 aromatic carbocycles. The lowest BCUT2D eigenvalue weighted by molar-refractivity contribution is -0.111. The van der Waals surface area contributed by atoms with Gasteiger partial charge in [-0.2, -0.15) is 0 Å². The SMILES string of the molecule is CC(C)(C)c1cc(CCC(=O)Cl)cc(N)c1O. The van der Waals surface area contributed by atoms with Gasteiger partial charge in [0.15, 0.2) is 0 Å². The molecule has 3 N–H and O–H groups in total. The molecule has 0 saturated carbocycles. The van der Waals surface area contributed by atoms with Crippen molar-refractivity contribution in [3.8, 4) is 5.75 Å². The lowest BCUT2D eigenvalue weighted by Crippen LogP contribution is -2.13. The van der Waals surface area contributed by atoms with E-state index in [1.807, 2.05) is 26.8 Å². The van der Waals surface area contributed by atoms with Crippen LogP contribution < -0.4 is 5.73 Å². The molecule has 0 aliphatic carbocycles. The van der Waals surface area contributed by atoms with E-state index in [-0.39, 0.29) is 22.8 Å². The zero-order valence-electron chi connectivity index (χ0n) is 10.4. The molecular formula is C13H18ClNO2. The molecule has 3 nitrogen and oxygen atoms in total. The molecule has 0 aliphatic heterocycles. The molecule has 17 heavy (non-hydrogen) atoms. The number of nitrogen functional groups attached to an aromatic ring is 1. The molecule has 0 bridgehead atoms. The number of phenols is 1. The molecule has 0 spiro atoms. The van der Waals surface area contributed by atoms with Crippen LogP contribution in [-0.4, -0.2) is 10.3 Å². The van der Waals surface area contributed by atoms with Crippen molar-refractivity contribution in [3.63, 3.8) is 0 Å². The van der Waals surface area contributed by atoms with Crippen LogP contribution in [0.25, 0.3) is 0 Å². The summed E-state index contributed by atoms with van der Waals surface area (Å²) in [4.78, 5) is 10.7. The van der Waals surface area contributed by atoms with E-state index in [4.69, 9.17) is 17.3 Å². The summed E-state index contributed by atoms with van der Waals surface area (Å²) in [6.07, 6.45) is 0.811. The van der Waals surface area contributed by atoms with Crippen molar-refractivity contribution in [3.05, 3.63) is 23.3 Å². The number of phenolic OH excluding ortho intramolecular Hbond substituents is 1. The highest BCUT2D eigenvalue weighted by atomic mass is 35.5. The maximum atomic E-state index is 10.7. The highest BCUT2D eigenvalue weighted by Crippen LogP contribution is 2.36. The minimum absolute atomic E-state index is 0.124. The van der Waals surface area contributed by atoms with Crippen LogP contribution in [0.15, 0.2) is 12.1 Å². The predicted molar refractivity (Wildman–Crippen MR) is 70.4 cm³/mol. The fraction of sp³-hybridized carbons (Fsp3) is 0.462. The molecule has 0 amide bonds. The van der Waals surface area contributed by atoms with E-state index in [2.05, 4.69) is 0 Å². The number of carbonyl (C=O) groups is 1. The molecule has 1 aromatic rings. The van der Waals surface area contributed by atoms with Crippen LogP contribution in [0.3, 0.4) is 0 Å². The molecule has 0 aliphatic rings. The average molecular weight is 256 g/mol. The predicted octanol–water partition coefficient (Wildman–Crippen LogP) is 2.97. The highest BCUT2D eigenvalue weighted by Gasteiger charge is 2.20. The second-order valence-corrected chi connectivity index (χ2v) is 5.61. The Bertz CT molecular complexity index is 436. The van der Waals surface area contributed by atoms with Crippen molar-refractivity contribution in [2.45, 2.75) is 39.0 Å². The quantitative estimate of drug-likeness (QED) is 0.496. The van der Waals surface area contributed by atoms with E-state index in [1.165, 1.54) is 0 Å². The monoisotopic (exact) mass is 255 g/mol. The average Bonchev–Trinajstić information content (AvgIpc) is 2.17. The van der Waals surface area contributed by atoms with Gasteiger partial charge in [-0.1, -0.05) is 26.8 Å². The lowest BCUT2D eigenvalue weighted by Gasteiger charge is -2.22. The van der Waals surface area contributed by atoms with Crippen LogP contribution in [0.5, 0.6) is 5.75 Å². The van der Waals surface area contributed by atoms with Gasteiger partial charge in [-0.05, 0) is 35.1 Å². The largest absolute Gasteiger partial charge is 0.505 e. The van der Waals surface area contributed by atoms with Gasteiger partial charge in [-0.3, -0.25) is 4.79 Å². The van der Waals surface area contributed by atoms with E-state index in [0.717, 1.165) is 11.1 Å². The molecule has 94 valence electrons. The number of aromatic hydroxyl groups is 1. The summed E-state index contributed by atoms with van der Waals surface area (Å²) in [6.45, 7) is 5.99. The first-order valence-electron chi connectivity index (χ1n) is 5.52. The Balaban J connectivity index is 3.11. The first-order chi connectivity index (χ1) is 7.71. The highest BCUT2D eigenvalue weighted by molar-refractivity contribution is 6.63. The smallest absolute Gasteiger partial charge is 0.221 e. The fourth-order valence-electron chi connectivity index (χ4n) is 1.68. The Morgan fingerprint density at radius 3 is 2.47 bits per heavy atom. The summed E-state index contributed by atoms with van der Waals surface area (Å²) in [5.74, 6) is 0.124. The van der Waals surface area contributed by atoms with Crippen LogP contribution in [-0.2, 0) is 16.6 Å². The molecule has 0 fully saturated rings. The Labute approximate surface area is 107 Å². The second kappa shape index (κ2) is 4.96. The number of halogens is 1. The van der Waals surface area contributed by atoms with Gasteiger partial charge in [0.2, 0.25) is 5.24 Å². The number of rotatable bonds is 3. The van der Waals surface area contributed by atoms with E-state index in [0.29, 0.717) is 12.1 Å². The summed E-state index contributed by atoms with van der Waals surface area (Å²) in [5.41, 5.74) is 7.61. The van der Waals surface area contributed by atoms with Gasteiger partial charge in [0.25, 0.3) is 0 Å². The molecule has 4 heteroatoms. The summed E-state index contributed by atoms with van der Waals surface area (Å²) in [5, 5.41) is 9.55. The van der Waals surface area contributed by atoms with Gasteiger partial charge in [-0.15, -0.1) is 0 Å². The van der Waals surface area contributed by atoms with Crippen LogP contribution in [0.1, 0.15) is 38.3 Å². The van der Waals surface area contributed by atoms with Crippen molar-refractivity contribution in [1.82, 2.24) is 0 Å². The standard InChI is InChI=1S/C13H18ClNO2/c1-13(2,3)9-6-8(4-5-11(14)16)7-10(15)12(9)17/h6-7,17H,4-5,15H2,1-3H3. The Kier molecular flexibility index (Phi) is 4.04. The number of carbonyl (C=O) groups excluding carboxylic acids is 1. The first-order valence-corrected chi connectivity index (χ1v) is 5.90. The summed E-state index contributed by atoms with van der Waals surface area (Å²) in [7, 11) is 0. The van der Waals surface area contributed by atoms with Crippen molar-refractivity contribution in [1.29, 1.82) is 0 Å². The molecule has 0 heterocycles. The molecule has 0 atom stereocenters. The third-order valence-corrected chi connectivity index (χ3v) is 2.81. The van der Waals surface area contributed by atoms with Crippen LogP contribution in [0, 0.1) is 0 Å². The van der Waals surface area contributed by atoms with Gasteiger partial charge in [0, 0.05) is 12.0 Å². The van der Waals surface area contributed by atoms with Crippen molar-refractivity contribution in [2.75, 3.05) is 5.73 Å². The third-order valence-electron chi connectivity index (χ3n) is 2.62. The maximum Gasteiger partial charge on any atom is 0.221 e. The van der Waals surface area contributed by atoms with Gasteiger partial charge in [-0.25, -0.2) is 0 Å². The number of anilines is 1. The normalized spacial score (nSPS) is 11.5. The Hall–Kier alpha value is -1.22. The zero-order valence-corrected chi connectivity index (χ0v) is 11.1. The minimum Gasteiger partial charge on any atom is -0.505 e. The third kappa shape index (κ3) is 3.63. The molecular weight excluding hydrogens is 238 g/mol. The van der Waals surface area contributed by atoms with Crippen molar-refractivity contribution >= 4 is 22.5 Å². The van der Waals surface area contributed by atoms with Gasteiger partial charge < -0.3 is 10.8 Å². The van der Waals surface area contributed by atoms with Crippen LogP contribution in [0.2, 0.25) is 0 Å². The topological polar surface area (TPSA) is 63.3 Å². The van der Waals surface area contributed by atoms with E-state index in [9.17, 15) is 9.90 Å². The summed E-state index contributed by atoms with van der Waals surface area (Å²) < 4.78 is 0. The fourth-order valence-corrected chi connectivity index (χ4v) is 1.77. The van der Waals surface area contributed by atoms with Crippen LogP contribution in [0.4, 0.5) is 5.69 Å².